The van der Waals surface area contributed by atoms with Crippen LogP contribution >= 0.6 is 11.6 Å². The van der Waals surface area contributed by atoms with E-state index in [2.05, 4.69) is 5.32 Å². The predicted molar refractivity (Wildman–Crippen MR) is 162 cm³/mol. The fourth-order valence-electron chi connectivity index (χ4n) is 4.45. The van der Waals surface area contributed by atoms with Crippen LogP contribution in [-0.4, -0.2) is 50.0 Å². The third-order valence-electron chi connectivity index (χ3n) is 6.91. The standard InChI is InChI=1S/C31H36ClF2N3O4S/c1-4-22(2)35-31(39)29(19-23-11-6-5-7-12-23)36(21-24-13-8-9-14-26(24)32)30(38)15-10-18-37(42(3,40)41)25-16-17-27(33)28(34)20-25/h5-9,11-14,16-17,20,22,29H,4,10,15,18-19,21H2,1-3H3,(H,35,39)/t22-,29-/m0/s1. The molecule has 11 heteroatoms. The Morgan fingerprint density at radius 2 is 1.64 bits per heavy atom. The summed E-state index contributed by atoms with van der Waals surface area (Å²) in [6.45, 7) is 3.74. The van der Waals surface area contributed by atoms with Gasteiger partial charge in [-0.2, -0.15) is 0 Å². The van der Waals surface area contributed by atoms with Gasteiger partial charge >= 0.3 is 0 Å². The lowest BCUT2D eigenvalue weighted by Crippen LogP contribution is -2.52. The molecule has 1 N–H and O–H groups in total. The van der Waals surface area contributed by atoms with E-state index in [9.17, 15) is 26.8 Å². The molecule has 0 aromatic heterocycles. The first-order chi connectivity index (χ1) is 19.9. The van der Waals surface area contributed by atoms with Crippen LogP contribution in [0.2, 0.25) is 5.02 Å². The van der Waals surface area contributed by atoms with Crippen molar-refractivity contribution < 1.29 is 26.8 Å². The molecular weight excluding hydrogens is 584 g/mol. The van der Waals surface area contributed by atoms with E-state index in [4.69, 9.17) is 11.6 Å². The number of nitrogens with zero attached hydrogens (tertiary/aromatic N) is 2. The molecule has 0 unspecified atom stereocenters. The molecule has 0 aliphatic carbocycles. The smallest absolute Gasteiger partial charge is 0.243 e. The summed E-state index contributed by atoms with van der Waals surface area (Å²) in [7, 11) is -3.87. The number of rotatable bonds is 14. The molecule has 0 fully saturated rings. The molecular formula is C31H36ClF2N3O4S. The Kier molecular flexibility index (Phi) is 11.9. The van der Waals surface area contributed by atoms with Gasteiger partial charge < -0.3 is 10.2 Å². The lowest BCUT2D eigenvalue weighted by molar-refractivity contribution is -0.141. The van der Waals surface area contributed by atoms with Gasteiger partial charge in [0, 0.05) is 43.1 Å². The van der Waals surface area contributed by atoms with E-state index in [1.807, 2.05) is 44.2 Å². The zero-order valence-electron chi connectivity index (χ0n) is 23.9. The Morgan fingerprint density at radius 1 is 0.976 bits per heavy atom. The van der Waals surface area contributed by atoms with E-state index in [1.54, 1.807) is 24.3 Å². The van der Waals surface area contributed by atoms with E-state index >= 15 is 0 Å². The highest BCUT2D eigenvalue weighted by molar-refractivity contribution is 7.92. The Bertz CT molecular complexity index is 1470. The van der Waals surface area contributed by atoms with Crippen LogP contribution in [0.15, 0.2) is 72.8 Å². The highest BCUT2D eigenvalue weighted by atomic mass is 35.5. The van der Waals surface area contributed by atoms with Crippen molar-refractivity contribution in [1.29, 1.82) is 0 Å². The zero-order valence-corrected chi connectivity index (χ0v) is 25.5. The van der Waals surface area contributed by atoms with Crippen molar-refractivity contribution in [3.05, 3.63) is 101 Å². The predicted octanol–water partition coefficient (Wildman–Crippen LogP) is 5.72. The molecule has 2 amide bonds. The fraction of sp³-hybridized carbons (Fsp3) is 0.355. The third kappa shape index (κ3) is 9.25. The van der Waals surface area contributed by atoms with Crippen molar-refractivity contribution in [1.82, 2.24) is 10.2 Å². The number of nitrogens with one attached hydrogen (secondary N) is 1. The number of halogens is 3. The van der Waals surface area contributed by atoms with Gasteiger partial charge in [-0.1, -0.05) is 67.1 Å². The highest BCUT2D eigenvalue weighted by Crippen LogP contribution is 2.24. The molecule has 0 aliphatic rings. The molecule has 7 nitrogen and oxygen atoms in total. The van der Waals surface area contributed by atoms with Crippen LogP contribution in [0.25, 0.3) is 0 Å². The van der Waals surface area contributed by atoms with Gasteiger partial charge in [0.15, 0.2) is 11.6 Å². The number of carbonyl (C=O) groups is 2. The summed E-state index contributed by atoms with van der Waals surface area (Å²) in [6.07, 6.45) is 1.86. The third-order valence-corrected chi connectivity index (χ3v) is 8.48. The molecule has 226 valence electrons. The molecule has 0 spiro atoms. The van der Waals surface area contributed by atoms with Crippen LogP contribution < -0.4 is 9.62 Å². The van der Waals surface area contributed by atoms with Crippen LogP contribution in [0.1, 0.15) is 44.2 Å². The lowest BCUT2D eigenvalue weighted by Gasteiger charge is -2.33. The second kappa shape index (κ2) is 15.1. The number of benzene rings is 3. The van der Waals surface area contributed by atoms with E-state index in [0.717, 1.165) is 28.3 Å². The number of anilines is 1. The second-order valence-electron chi connectivity index (χ2n) is 10.2. The number of hydrogen-bond acceptors (Lipinski definition) is 4. The average molecular weight is 620 g/mol. The summed E-state index contributed by atoms with van der Waals surface area (Å²) in [5.74, 6) is -2.97. The largest absolute Gasteiger partial charge is 0.352 e. The molecule has 0 aliphatic heterocycles. The Balaban J connectivity index is 1.91. The van der Waals surface area contributed by atoms with Crippen LogP contribution in [0.4, 0.5) is 14.5 Å². The van der Waals surface area contributed by atoms with Gasteiger partial charge in [-0.05, 0) is 49.1 Å². The summed E-state index contributed by atoms with van der Waals surface area (Å²) in [5.41, 5.74) is 1.47. The van der Waals surface area contributed by atoms with E-state index in [1.165, 1.54) is 11.0 Å². The summed E-state index contributed by atoms with van der Waals surface area (Å²) in [4.78, 5) is 28.9. The van der Waals surface area contributed by atoms with Crippen LogP contribution in [0.5, 0.6) is 0 Å². The van der Waals surface area contributed by atoms with Gasteiger partial charge in [0.2, 0.25) is 21.8 Å². The Hall–Kier alpha value is -3.50. The van der Waals surface area contributed by atoms with Crippen LogP contribution in [-0.2, 0) is 32.6 Å². The van der Waals surface area contributed by atoms with Crippen molar-refractivity contribution in [2.45, 2.75) is 58.2 Å². The Morgan fingerprint density at radius 3 is 2.26 bits per heavy atom. The fourth-order valence-corrected chi connectivity index (χ4v) is 5.60. The van der Waals surface area contributed by atoms with Gasteiger partial charge in [0.05, 0.1) is 11.9 Å². The summed E-state index contributed by atoms with van der Waals surface area (Å²) in [5, 5.41) is 3.43. The summed E-state index contributed by atoms with van der Waals surface area (Å²) in [6, 6.07) is 18.2. The summed E-state index contributed by atoms with van der Waals surface area (Å²) < 4.78 is 53.3. The molecule has 0 heterocycles. The van der Waals surface area contributed by atoms with Gasteiger partial charge in [0.1, 0.15) is 6.04 Å². The molecule has 3 aromatic carbocycles. The molecule has 0 radical (unpaired) electrons. The maximum Gasteiger partial charge on any atom is 0.243 e. The monoisotopic (exact) mass is 619 g/mol. The van der Waals surface area contributed by atoms with Crippen molar-refractivity contribution in [3.63, 3.8) is 0 Å². The lowest BCUT2D eigenvalue weighted by atomic mass is 10.0. The second-order valence-corrected chi connectivity index (χ2v) is 12.5. The van der Waals surface area contributed by atoms with E-state index < -0.39 is 27.7 Å². The first-order valence-electron chi connectivity index (χ1n) is 13.7. The molecule has 0 bridgehead atoms. The van der Waals surface area contributed by atoms with Crippen molar-refractivity contribution >= 4 is 39.1 Å². The maximum absolute atomic E-state index is 13.9. The number of sulfonamides is 1. The molecule has 0 saturated heterocycles. The van der Waals surface area contributed by atoms with E-state index in [0.29, 0.717) is 17.0 Å². The highest BCUT2D eigenvalue weighted by Gasteiger charge is 2.31. The first-order valence-corrected chi connectivity index (χ1v) is 15.9. The quantitative estimate of drug-likeness (QED) is 0.250. The van der Waals surface area contributed by atoms with Gasteiger partial charge in [-0.3, -0.25) is 13.9 Å². The van der Waals surface area contributed by atoms with Crippen LogP contribution in [0, 0.1) is 11.6 Å². The Labute approximate surface area is 251 Å². The maximum atomic E-state index is 13.9. The van der Waals surface area contributed by atoms with Gasteiger partial charge in [-0.25, -0.2) is 17.2 Å². The minimum Gasteiger partial charge on any atom is -0.352 e. The number of amides is 2. The molecule has 42 heavy (non-hydrogen) atoms. The molecule has 3 rings (SSSR count). The van der Waals surface area contributed by atoms with Gasteiger partial charge in [-0.15, -0.1) is 0 Å². The molecule has 0 saturated carbocycles. The first kappa shape index (κ1) is 33.0. The molecule has 2 atom stereocenters. The topological polar surface area (TPSA) is 86.8 Å². The van der Waals surface area contributed by atoms with Crippen molar-refractivity contribution in [3.8, 4) is 0 Å². The van der Waals surface area contributed by atoms with Gasteiger partial charge in [0.25, 0.3) is 0 Å². The number of hydrogen-bond donors (Lipinski definition) is 1. The normalized spacial score (nSPS) is 12.8. The minimum atomic E-state index is -3.87. The molecule has 3 aromatic rings. The summed E-state index contributed by atoms with van der Waals surface area (Å²) >= 11 is 6.44. The minimum absolute atomic E-state index is 0.0494. The average Bonchev–Trinajstić information content (AvgIpc) is 2.95. The SMILES string of the molecule is CC[C@H](C)NC(=O)[C@H](Cc1ccccc1)N(Cc1ccccc1Cl)C(=O)CCCN(c1ccc(F)c(F)c1)S(C)(=O)=O. The van der Waals surface area contributed by atoms with Crippen LogP contribution in [0.3, 0.4) is 0 Å². The zero-order chi connectivity index (χ0) is 30.9. The van der Waals surface area contributed by atoms with Crippen molar-refractivity contribution in [2.75, 3.05) is 17.1 Å². The van der Waals surface area contributed by atoms with Crippen molar-refractivity contribution in [2.24, 2.45) is 0 Å². The van der Waals surface area contributed by atoms with E-state index in [-0.39, 0.29) is 55.9 Å². The number of carbonyl (C=O) groups excluding carboxylic acids is 2.